The van der Waals surface area contributed by atoms with E-state index in [1.807, 2.05) is 26.8 Å². The van der Waals surface area contributed by atoms with Crippen molar-refractivity contribution in [3.8, 4) is 0 Å². The molecule has 1 saturated heterocycles. The lowest BCUT2D eigenvalue weighted by Gasteiger charge is -2.31. The lowest BCUT2D eigenvalue weighted by molar-refractivity contribution is -0.156. The molecule has 1 atom stereocenters. The largest absolute Gasteiger partial charge is 0.466 e. The number of carbonyl (C=O) groups is 1. The van der Waals surface area contributed by atoms with Gasteiger partial charge in [-0.3, -0.25) is 4.79 Å². The molecule has 116 valence electrons. The van der Waals surface area contributed by atoms with Gasteiger partial charge in [0.05, 0.1) is 17.7 Å². The summed E-state index contributed by atoms with van der Waals surface area (Å²) in [5.74, 6) is 1.00. The molecule has 1 unspecified atom stereocenters. The third kappa shape index (κ3) is 2.87. The van der Waals surface area contributed by atoms with E-state index in [0.717, 1.165) is 30.0 Å². The predicted molar refractivity (Wildman–Crippen MR) is 82.2 cm³/mol. The molecule has 0 aliphatic carbocycles. The first kappa shape index (κ1) is 15.7. The molecule has 0 aromatic carbocycles. The number of hydrogen-bond donors (Lipinski definition) is 0. The monoisotopic (exact) mass is 291 g/mol. The van der Waals surface area contributed by atoms with Crippen LogP contribution in [0.4, 0.5) is 5.82 Å². The van der Waals surface area contributed by atoms with Gasteiger partial charge in [0.1, 0.15) is 0 Å². The molecule has 5 nitrogen and oxygen atoms in total. The van der Waals surface area contributed by atoms with Crippen LogP contribution in [-0.2, 0) is 9.53 Å². The Kier molecular flexibility index (Phi) is 4.49. The molecule has 21 heavy (non-hydrogen) atoms. The number of nitrogens with zero attached hydrogens (tertiary/aromatic N) is 3. The van der Waals surface area contributed by atoms with E-state index in [0.29, 0.717) is 13.2 Å². The molecule has 0 amide bonds. The second kappa shape index (κ2) is 6.00. The van der Waals surface area contributed by atoms with Crippen molar-refractivity contribution in [2.75, 3.05) is 24.6 Å². The van der Waals surface area contributed by atoms with Crippen LogP contribution in [-0.4, -0.2) is 35.9 Å². The lowest BCUT2D eigenvalue weighted by Crippen LogP contribution is -2.40. The van der Waals surface area contributed by atoms with Crippen molar-refractivity contribution in [1.29, 1.82) is 0 Å². The second-order valence-corrected chi connectivity index (χ2v) is 6.17. The summed E-state index contributed by atoms with van der Waals surface area (Å²) in [5.41, 5.74) is 1.63. The van der Waals surface area contributed by atoms with Crippen LogP contribution >= 0.6 is 0 Å². The van der Waals surface area contributed by atoms with Gasteiger partial charge in [-0.15, -0.1) is 5.10 Å². The van der Waals surface area contributed by atoms with E-state index in [4.69, 9.17) is 4.74 Å². The van der Waals surface area contributed by atoms with E-state index in [-0.39, 0.29) is 11.9 Å². The van der Waals surface area contributed by atoms with E-state index in [2.05, 4.69) is 28.9 Å². The third-order valence-electron chi connectivity index (χ3n) is 4.63. The highest BCUT2D eigenvalue weighted by Gasteiger charge is 2.48. The molecular formula is C16H25N3O2. The lowest BCUT2D eigenvalue weighted by atomic mass is 9.76. The van der Waals surface area contributed by atoms with Gasteiger partial charge in [0.25, 0.3) is 0 Å². The summed E-state index contributed by atoms with van der Waals surface area (Å²) in [6, 6.07) is 2.05. The zero-order chi connectivity index (χ0) is 15.6. The Hall–Kier alpha value is -1.65. The van der Waals surface area contributed by atoms with E-state index in [1.54, 1.807) is 0 Å². The summed E-state index contributed by atoms with van der Waals surface area (Å²) >= 11 is 0. The van der Waals surface area contributed by atoms with Gasteiger partial charge in [-0.05, 0) is 44.7 Å². The molecule has 1 fully saturated rings. The first-order valence-electron chi connectivity index (χ1n) is 7.64. The number of aromatic nitrogens is 2. The summed E-state index contributed by atoms with van der Waals surface area (Å²) in [4.78, 5) is 14.6. The van der Waals surface area contributed by atoms with Gasteiger partial charge in [0.15, 0.2) is 5.82 Å². The minimum atomic E-state index is -0.434. The summed E-state index contributed by atoms with van der Waals surface area (Å²) in [7, 11) is 0. The molecule has 1 aliphatic rings. The van der Waals surface area contributed by atoms with Crippen molar-refractivity contribution >= 4 is 11.8 Å². The summed E-state index contributed by atoms with van der Waals surface area (Å²) in [6.45, 7) is 11.9. The Morgan fingerprint density at radius 2 is 2.14 bits per heavy atom. The number of carbonyl (C=O) groups excluding carboxylic acids is 1. The maximum atomic E-state index is 12.4. The standard InChI is InChI=1S/C16H25N3O2/c1-6-21-15(20)16(11(2)3)7-8-19(10-16)14-9-12(4)13(5)17-18-14/h9,11H,6-8,10H2,1-5H3. The Labute approximate surface area is 126 Å². The van der Waals surface area contributed by atoms with E-state index < -0.39 is 5.41 Å². The van der Waals surface area contributed by atoms with Gasteiger partial charge in [-0.25, -0.2) is 0 Å². The Morgan fingerprint density at radius 3 is 2.71 bits per heavy atom. The summed E-state index contributed by atoms with van der Waals surface area (Å²) in [6.07, 6.45) is 0.804. The molecule has 1 aromatic heterocycles. The van der Waals surface area contributed by atoms with Gasteiger partial charge < -0.3 is 9.64 Å². The molecule has 0 bridgehead atoms. The fourth-order valence-corrected chi connectivity index (χ4v) is 2.86. The Bertz CT molecular complexity index is 530. The maximum Gasteiger partial charge on any atom is 0.314 e. The first-order valence-corrected chi connectivity index (χ1v) is 7.64. The van der Waals surface area contributed by atoms with Gasteiger partial charge in [0, 0.05) is 13.1 Å². The van der Waals surface area contributed by atoms with Gasteiger partial charge >= 0.3 is 5.97 Å². The van der Waals surface area contributed by atoms with Gasteiger partial charge in [0.2, 0.25) is 0 Å². The maximum absolute atomic E-state index is 12.4. The third-order valence-corrected chi connectivity index (χ3v) is 4.63. The van der Waals surface area contributed by atoms with Crippen LogP contribution in [0.15, 0.2) is 6.07 Å². The second-order valence-electron chi connectivity index (χ2n) is 6.17. The SMILES string of the molecule is CCOC(=O)C1(C(C)C)CCN(c2cc(C)c(C)nn2)C1. The fraction of sp³-hybridized carbons (Fsp3) is 0.688. The predicted octanol–water partition coefficient (Wildman–Crippen LogP) is 2.51. The number of anilines is 1. The van der Waals surface area contributed by atoms with Gasteiger partial charge in [-0.1, -0.05) is 13.8 Å². The zero-order valence-corrected chi connectivity index (χ0v) is 13.6. The highest BCUT2D eigenvalue weighted by molar-refractivity contribution is 5.79. The summed E-state index contributed by atoms with van der Waals surface area (Å²) < 4.78 is 5.32. The molecule has 5 heteroatoms. The van der Waals surface area contributed by atoms with Crippen LogP contribution in [0.1, 0.15) is 38.4 Å². The Morgan fingerprint density at radius 1 is 1.43 bits per heavy atom. The number of aryl methyl sites for hydroxylation is 2. The fourth-order valence-electron chi connectivity index (χ4n) is 2.86. The van der Waals surface area contributed by atoms with Crippen LogP contribution in [0.2, 0.25) is 0 Å². The van der Waals surface area contributed by atoms with Crippen molar-refractivity contribution in [1.82, 2.24) is 10.2 Å². The Balaban J connectivity index is 2.23. The van der Waals surface area contributed by atoms with Crippen molar-refractivity contribution in [3.63, 3.8) is 0 Å². The summed E-state index contributed by atoms with van der Waals surface area (Å²) in [5, 5.41) is 8.46. The van der Waals surface area contributed by atoms with Crippen LogP contribution in [0, 0.1) is 25.2 Å². The van der Waals surface area contributed by atoms with Crippen molar-refractivity contribution in [2.24, 2.45) is 11.3 Å². The number of hydrogen-bond acceptors (Lipinski definition) is 5. The molecule has 2 heterocycles. The molecular weight excluding hydrogens is 266 g/mol. The normalized spacial score (nSPS) is 21.9. The smallest absolute Gasteiger partial charge is 0.314 e. The minimum Gasteiger partial charge on any atom is -0.466 e. The zero-order valence-electron chi connectivity index (χ0n) is 13.6. The van der Waals surface area contributed by atoms with E-state index >= 15 is 0 Å². The van der Waals surface area contributed by atoms with Crippen LogP contribution < -0.4 is 4.90 Å². The number of esters is 1. The van der Waals surface area contributed by atoms with E-state index in [1.165, 1.54) is 0 Å². The minimum absolute atomic E-state index is 0.0840. The van der Waals surface area contributed by atoms with Crippen molar-refractivity contribution < 1.29 is 9.53 Å². The molecule has 2 rings (SSSR count). The molecule has 0 saturated carbocycles. The van der Waals surface area contributed by atoms with Crippen LogP contribution in [0.5, 0.6) is 0 Å². The highest BCUT2D eigenvalue weighted by Crippen LogP contribution is 2.40. The van der Waals surface area contributed by atoms with Gasteiger partial charge in [-0.2, -0.15) is 5.10 Å². The molecule has 0 radical (unpaired) electrons. The van der Waals surface area contributed by atoms with Crippen LogP contribution in [0.3, 0.4) is 0 Å². The molecule has 1 aliphatic heterocycles. The molecule has 0 N–H and O–H groups in total. The van der Waals surface area contributed by atoms with Crippen molar-refractivity contribution in [3.05, 3.63) is 17.3 Å². The molecule has 1 aromatic rings. The topological polar surface area (TPSA) is 55.3 Å². The number of rotatable bonds is 4. The van der Waals surface area contributed by atoms with Crippen molar-refractivity contribution in [2.45, 2.75) is 41.0 Å². The van der Waals surface area contributed by atoms with Crippen LogP contribution in [0.25, 0.3) is 0 Å². The molecule has 0 spiro atoms. The van der Waals surface area contributed by atoms with E-state index in [9.17, 15) is 4.79 Å². The average Bonchev–Trinajstić information content (AvgIpc) is 2.88. The first-order chi connectivity index (χ1) is 9.90. The quantitative estimate of drug-likeness (QED) is 0.798. The highest BCUT2D eigenvalue weighted by atomic mass is 16.5. The average molecular weight is 291 g/mol. The number of ether oxygens (including phenoxy) is 1.